The lowest BCUT2D eigenvalue weighted by Crippen LogP contribution is -2.32. The van der Waals surface area contributed by atoms with Gasteiger partial charge in [0, 0.05) is 24.6 Å². The van der Waals surface area contributed by atoms with E-state index >= 15 is 0 Å². The molecule has 4 rings (SSSR count). The van der Waals surface area contributed by atoms with Gasteiger partial charge in [-0.25, -0.2) is 0 Å². The second-order valence-corrected chi connectivity index (χ2v) is 6.61. The number of hydrogen-bond acceptors (Lipinski definition) is 3. The molecule has 1 aliphatic carbocycles. The smallest absolute Gasteiger partial charge is 0.165 e. The van der Waals surface area contributed by atoms with Gasteiger partial charge in [-0.1, -0.05) is 24.3 Å². The van der Waals surface area contributed by atoms with Crippen molar-refractivity contribution in [3.63, 3.8) is 0 Å². The molecule has 0 aromatic heterocycles. The topological polar surface area (TPSA) is 21.7 Å². The number of benzene rings is 2. The minimum atomic E-state index is 0.428. The predicted molar refractivity (Wildman–Crippen MR) is 91.6 cm³/mol. The SMILES string of the molecule is COc1cc2c3c(c1OC)CN(C)CC3c1ccccc1CC2. The molecule has 0 saturated heterocycles. The van der Waals surface area contributed by atoms with Gasteiger partial charge in [-0.2, -0.15) is 0 Å². The Labute approximate surface area is 137 Å². The molecule has 0 fully saturated rings. The van der Waals surface area contributed by atoms with Crippen molar-refractivity contribution in [3.05, 3.63) is 58.1 Å². The standard InChI is InChI=1S/C20H23NO2/c1-21-11-16-15-7-5-4-6-13(15)8-9-14-10-18(22-2)20(23-3)17(12-21)19(14)16/h4-7,10,16H,8-9,11-12H2,1-3H3. The average molecular weight is 309 g/mol. The number of fused-ring (bicyclic) bond motifs is 2. The summed E-state index contributed by atoms with van der Waals surface area (Å²) in [5, 5.41) is 0. The van der Waals surface area contributed by atoms with Crippen LogP contribution in [0.3, 0.4) is 0 Å². The zero-order valence-electron chi connectivity index (χ0n) is 14.1. The summed E-state index contributed by atoms with van der Waals surface area (Å²) in [6.45, 7) is 1.98. The summed E-state index contributed by atoms with van der Waals surface area (Å²) in [4.78, 5) is 2.39. The number of likely N-dealkylation sites (N-methyl/N-ethyl adjacent to an activating group) is 1. The summed E-state index contributed by atoms with van der Waals surface area (Å²) < 4.78 is 11.3. The van der Waals surface area contributed by atoms with Gasteiger partial charge >= 0.3 is 0 Å². The zero-order valence-corrected chi connectivity index (χ0v) is 14.1. The van der Waals surface area contributed by atoms with Gasteiger partial charge in [0.05, 0.1) is 14.2 Å². The van der Waals surface area contributed by atoms with E-state index in [4.69, 9.17) is 9.47 Å². The lowest BCUT2D eigenvalue weighted by Gasteiger charge is -2.35. The van der Waals surface area contributed by atoms with Gasteiger partial charge in [-0.05, 0) is 48.2 Å². The minimum absolute atomic E-state index is 0.428. The second-order valence-electron chi connectivity index (χ2n) is 6.61. The van der Waals surface area contributed by atoms with Crippen molar-refractivity contribution in [2.24, 2.45) is 0 Å². The minimum Gasteiger partial charge on any atom is -0.493 e. The highest BCUT2D eigenvalue weighted by atomic mass is 16.5. The highest BCUT2D eigenvalue weighted by molar-refractivity contribution is 5.60. The van der Waals surface area contributed by atoms with Crippen LogP contribution in [0.1, 0.15) is 33.7 Å². The molecule has 1 aliphatic heterocycles. The molecule has 0 spiro atoms. The summed E-state index contributed by atoms with van der Waals surface area (Å²) in [6, 6.07) is 11.1. The van der Waals surface area contributed by atoms with Crippen LogP contribution in [0.2, 0.25) is 0 Å². The quantitative estimate of drug-likeness (QED) is 0.849. The fraction of sp³-hybridized carbons (Fsp3) is 0.400. The van der Waals surface area contributed by atoms with E-state index in [1.165, 1.54) is 27.8 Å². The van der Waals surface area contributed by atoms with Crippen molar-refractivity contribution in [2.75, 3.05) is 27.8 Å². The number of ether oxygens (including phenoxy) is 2. The van der Waals surface area contributed by atoms with E-state index in [9.17, 15) is 0 Å². The number of methoxy groups -OCH3 is 2. The van der Waals surface area contributed by atoms with Gasteiger partial charge in [-0.3, -0.25) is 0 Å². The molecule has 0 saturated carbocycles. The maximum Gasteiger partial charge on any atom is 0.165 e. The Balaban J connectivity index is 2.00. The van der Waals surface area contributed by atoms with Crippen molar-refractivity contribution < 1.29 is 9.47 Å². The van der Waals surface area contributed by atoms with Gasteiger partial charge in [0.1, 0.15) is 0 Å². The first kappa shape index (κ1) is 14.6. The molecule has 2 aromatic carbocycles. The Kier molecular flexibility index (Phi) is 3.53. The van der Waals surface area contributed by atoms with Gasteiger partial charge < -0.3 is 14.4 Å². The maximum atomic E-state index is 5.73. The first-order valence-electron chi connectivity index (χ1n) is 8.26. The monoisotopic (exact) mass is 309 g/mol. The molecule has 0 bridgehead atoms. The van der Waals surface area contributed by atoms with Crippen LogP contribution in [-0.2, 0) is 19.4 Å². The van der Waals surface area contributed by atoms with Crippen LogP contribution in [0.4, 0.5) is 0 Å². The van der Waals surface area contributed by atoms with Gasteiger partial charge in [0.25, 0.3) is 0 Å². The van der Waals surface area contributed by atoms with Gasteiger partial charge in [0.2, 0.25) is 0 Å². The van der Waals surface area contributed by atoms with E-state index in [0.29, 0.717) is 5.92 Å². The molecule has 2 aromatic rings. The molecule has 2 aliphatic rings. The molecule has 120 valence electrons. The first-order valence-corrected chi connectivity index (χ1v) is 8.26. The highest BCUT2D eigenvalue weighted by Gasteiger charge is 2.33. The Morgan fingerprint density at radius 1 is 1.04 bits per heavy atom. The predicted octanol–water partition coefficient (Wildman–Crippen LogP) is 3.38. The molecule has 0 N–H and O–H groups in total. The molecule has 1 atom stereocenters. The third-order valence-electron chi connectivity index (χ3n) is 5.26. The fourth-order valence-corrected chi connectivity index (χ4v) is 4.30. The number of hydrogen-bond donors (Lipinski definition) is 0. The zero-order chi connectivity index (χ0) is 16.0. The van der Waals surface area contributed by atoms with Crippen molar-refractivity contribution >= 4 is 0 Å². The van der Waals surface area contributed by atoms with Crippen molar-refractivity contribution in [1.29, 1.82) is 0 Å². The third-order valence-corrected chi connectivity index (χ3v) is 5.26. The summed E-state index contributed by atoms with van der Waals surface area (Å²) in [5.74, 6) is 2.20. The van der Waals surface area contributed by atoms with Gasteiger partial charge in [0.15, 0.2) is 11.5 Å². The Bertz CT molecular complexity index is 754. The van der Waals surface area contributed by atoms with Crippen LogP contribution in [0.25, 0.3) is 0 Å². The molecule has 23 heavy (non-hydrogen) atoms. The Morgan fingerprint density at radius 3 is 2.61 bits per heavy atom. The van der Waals surface area contributed by atoms with Crippen LogP contribution in [0.5, 0.6) is 11.5 Å². The molecule has 0 radical (unpaired) electrons. The first-order chi connectivity index (χ1) is 11.2. The molecule has 3 nitrogen and oxygen atoms in total. The lowest BCUT2D eigenvalue weighted by atomic mass is 9.81. The normalized spacial score (nSPS) is 19.5. The van der Waals surface area contributed by atoms with Crippen LogP contribution < -0.4 is 9.47 Å². The summed E-state index contributed by atoms with van der Waals surface area (Å²) in [7, 11) is 5.66. The van der Waals surface area contributed by atoms with E-state index in [1.807, 2.05) is 0 Å². The summed E-state index contributed by atoms with van der Waals surface area (Å²) >= 11 is 0. The van der Waals surface area contributed by atoms with E-state index in [0.717, 1.165) is 37.4 Å². The van der Waals surface area contributed by atoms with Crippen LogP contribution >= 0.6 is 0 Å². The molecule has 0 amide bonds. The second kappa shape index (κ2) is 5.57. The van der Waals surface area contributed by atoms with Crippen molar-refractivity contribution in [2.45, 2.75) is 25.3 Å². The lowest BCUT2D eigenvalue weighted by molar-refractivity contribution is 0.280. The van der Waals surface area contributed by atoms with Crippen molar-refractivity contribution in [3.8, 4) is 11.5 Å². The van der Waals surface area contributed by atoms with Crippen molar-refractivity contribution in [1.82, 2.24) is 4.90 Å². The van der Waals surface area contributed by atoms with E-state index < -0.39 is 0 Å². The number of nitrogens with zero attached hydrogens (tertiary/aromatic N) is 1. The highest BCUT2D eigenvalue weighted by Crippen LogP contribution is 2.46. The molecule has 1 unspecified atom stereocenters. The summed E-state index contributed by atoms with van der Waals surface area (Å²) in [6.07, 6.45) is 2.16. The number of rotatable bonds is 2. The molecular formula is C20H23NO2. The van der Waals surface area contributed by atoms with Crippen LogP contribution in [0.15, 0.2) is 30.3 Å². The van der Waals surface area contributed by atoms with Gasteiger partial charge in [-0.15, -0.1) is 0 Å². The van der Waals surface area contributed by atoms with E-state index in [-0.39, 0.29) is 0 Å². The maximum absolute atomic E-state index is 5.73. The third kappa shape index (κ3) is 2.22. The largest absolute Gasteiger partial charge is 0.493 e. The molecule has 3 heteroatoms. The summed E-state index contributed by atoms with van der Waals surface area (Å²) in [5.41, 5.74) is 7.16. The van der Waals surface area contributed by atoms with Crippen LogP contribution in [-0.4, -0.2) is 32.7 Å². The average Bonchev–Trinajstić information content (AvgIpc) is 2.73. The molecule has 1 heterocycles. The van der Waals surface area contributed by atoms with Crippen LogP contribution in [0, 0.1) is 0 Å². The van der Waals surface area contributed by atoms with E-state index in [1.54, 1.807) is 14.2 Å². The van der Waals surface area contributed by atoms with E-state index in [2.05, 4.69) is 42.3 Å². The Morgan fingerprint density at radius 2 is 1.83 bits per heavy atom. The number of aryl methyl sites for hydroxylation is 2. The fourth-order valence-electron chi connectivity index (χ4n) is 4.30. The molecular weight excluding hydrogens is 286 g/mol. The Hall–Kier alpha value is -2.00.